The first-order chi connectivity index (χ1) is 12.1. The molecule has 0 radical (unpaired) electrons. The third-order valence-corrected chi connectivity index (χ3v) is 5.58. The van der Waals surface area contributed by atoms with E-state index in [1.54, 1.807) is 0 Å². The van der Waals surface area contributed by atoms with Crippen LogP contribution in [0.1, 0.15) is 52.0 Å². The Hall–Kier alpha value is -2.28. The van der Waals surface area contributed by atoms with Crippen LogP contribution in [0.4, 0.5) is 9.59 Å². The number of benzene rings is 1. The Morgan fingerprint density at radius 3 is 2.27 bits per heavy atom. The Bertz CT molecular complexity index is 656. The summed E-state index contributed by atoms with van der Waals surface area (Å²) in [4.78, 5) is 28.2. The topological polar surface area (TPSA) is 93.1 Å². The highest BCUT2D eigenvalue weighted by molar-refractivity contribution is 5.58. The van der Waals surface area contributed by atoms with E-state index in [1.807, 2.05) is 58.0 Å². The van der Waals surface area contributed by atoms with Crippen LogP contribution in [0.3, 0.4) is 0 Å². The van der Waals surface area contributed by atoms with Crippen molar-refractivity contribution in [3.63, 3.8) is 0 Å². The summed E-state index contributed by atoms with van der Waals surface area (Å²) < 4.78 is 5.31. The van der Waals surface area contributed by atoms with Gasteiger partial charge in [-0.15, -0.1) is 4.65 Å². The standard InChI is InChI=1S/C19H27NO6/c1-5-19(25-16(21)22)11-12-20(18(2,3)4,26-17(23)24)13-15(19)14-9-7-6-8-10-14/h6-10,15H,5,11-13H2,1-4H3,(H-,21,22,23,24)/p+1/t15-,19+,20?/m0/s1. The predicted molar refractivity (Wildman–Crippen MR) is 94.8 cm³/mol. The molecule has 7 heteroatoms. The number of ether oxygens (including phenoxy) is 1. The molecule has 144 valence electrons. The molecule has 3 atom stereocenters. The van der Waals surface area contributed by atoms with Crippen LogP contribution in [-0.4, -0.2) is 51.4 Å². The van der Waals surface area contributed by atoms with Gasteiger partial charge in [-0.1, -0.05) is 37.3 Å². The van der Waals surface area contributed by atoms with Gasteiger partial charge in [-0.2, -0.15) is 4.79 Å². The first kappa shape index (κ1) is 20.0. The Kier molecular flexibility index (Phi) is 5.51. The molecule has 0 aromatic heterocycles. The fourth-order valence-corrected chi connectivity index (χ4v) is 3.96. The van der Waals surface area contributed by atoms with Crippen molar-refractivity contribution >= 4 is 12.3 Å². The number of quaternary nitrogens is 1. The molecule has 0 saturated carbocycles. The third-order valence-electron chi connectivity index (χ3n) is 5.58. The zero-order valence-electron chi connectivity index (χ0n) is 15.8. The average Bonchev–Trinajstić information content (AvgIpc) is 2.55. The van der Waals surface area contributed by atoms with Gasteiger partial charge in [0, 0.05) is 6.42 Å². The highest BCUT2D eigenvalue weighted by Gasteiger charge is 2.58. The van der Waals surface area contributed by atoms with Crippen LogP contribution in [0, 0.1) is 0 Å². The van der Waals surface area contributed by atoms with Crippen LogP contribution >= 0.6 is 0 Å². The van der Waals surface area contributed by atoms with E-state index in [2.05, 4.69) is 0 Å². The van der Waals surface area contributed by atoms with E-state index in [0.29, 0.717) is 25.9 Å². The van der Waals surface area contributed by atoms with Crippen LogP contribution in [0.25, 0.3) is 0 Å². The fourth-order valence-electron chi connectivity index (χ4n) is 3.96. The normalized spacial score (nSPS) is 29.0. The maximum Gasteiger partial charge on any atom is 0.557 e. The molecule has 26 heavy (non-hydrogen) atoms. The molecular formula is C19H28NO6+. The Balaban J connectivity index is 2.54. The van der Waals surface area contributed by atoms with Crippen LogP contribution in [-0.2, 0) is 9.57 Å². The summed E-state index contributed by atoms with van der Waals surface area (Å²) >= 11 is 0. The monoisotopic (exact) mass is 366 g/mol. The molecule has 1 heterocycles. The van der Waals surface area contributed by atoms with Crippen LogP contribution in [0.15, 0.2) is 30.3 Å². The number of hydroxylamine groups is 3. The second-order valence-electron chi connectivity index (χ2n) is 7.82. The van der Waals surface area contributed by atoms with Gasteiger partial charge in [-0.05, 0) is 32.8 Å². The largest absolute Gasteiger partial charge is 0.557 e. The quantitative estimate of drug-likeness (QED) is 0.611. The predicted octanol–water partition coefficient (Wildman–Crippen LogP) is 4.24. The van der Waals surface area contributed by atoms with Crippen molar-refractivity contribution in [2.75, 3.05) is 13.1 Å². The summed E-state index contributed by atoms with van der Waals surface area (Å²) in [5, 5.41) is 18.6. The first-order valence-electron chi connectivity index (χ1n) is 8.82. The van der Waals surface area contributed by atoms with Crippen molar-refractivity contribution in [2.24, 2.45) is 0 Å². The zero-order valence-corrected chi connectivity index (χ0v) is 15.8. The lowest BCUT2D eigenvalue weighted by Crippen LogP contribution is -2.68. The second-order valence-corrected chi connectivity index (χ2v) is 7.82. The Morgan fingerprint density at radius 1 is 1.19 bits per heavy atom. The van der Waals surface area contributed by atoms with E-state index in [-0.39, 0.29) is 10.6 Å². The number of carbonyl (C=O) groups is 2. The van der Waals surface area contributed by atoms with Crippen molar-refractivity contribution in [1.82, 2.24) is 0 Å². The van der Waals surface area contributed by atoms with E-state index in [4.69, 9.17) is 9.57 Å². The van der Waals surface area contributed by atoms with Gasteiger partial charge in [0.15, 0.2) is 0 Å². The number of hydrogen-bond donors (Lipinski definition) is 2. The van der Waals surface area contributed by atoms with Gasteiger partial charge in [0.05, 0.1) is 5.92 Å². The van der Waals surface area contributed by atoms with Crippen molar-refractivity contribution < 1.29 is 34.0 Å². The maximum absolute atomic E-state index is 11.4. The van der Waals surface area contributed by atoms with Crippen molar-refractivity contribution in [3.8, 4) is 0 Å². The lowest BCUT2D eigenvalue weighted by atomic mass is 9.73. The summed E-state index contributed by atoms with van der Waals surface area (Å²) in [6.45, 7) is 8.33. The minimum absolute atomic E-state index is 0.105. The SMILES string of the molecule is CC[C@@]1(OC(=O)O)CC[N+](OC(=O)O)(C(C)(C)C)C[C@H]1c1ccccc1. The molecule has 1 aliphatic rings. The van der Waals surface area contributed by atoms with Crippen molar-refractivity contribution in [1.29, 1.82) is 0 Å². The molecule has 7 nitrogen and oxygen atoms in total. The van der Waals surface area contributed by atoms with E-state index >= 15 is 0 Å². The third kappa shape index (κ3) is 3.77. The van der Waals surface area contributed by atoms with E-state index in [9.17, 15) is 19.8 Å². The minimum Gasteiger partial charge on any atom is -0.450 e. The van der Waals surface area contributed by atoms with Gasteiger partial charge in [0.2, 0.25) is 0 Å². The van der Waals surface area contributed by atoms with Gasteiger partial charge in [-0.25, -0.2) is 9.63 Å². The average molecular weight is 366 g/mol. The highest BCUT2D eigenvalue weighted by Crippen LogP contribution is 2.46. The van der Waals surface area contributed by atoms with Crippen LogP contribution in [0.2, 0.25) is 0 Å². The molecular weight excluding hydrogens is 338 g/mol. The molecule has 2 rings (SSSR count). The lowest BCUT2D eigenvalue weighted by molar-refractivity contribution is -1.13. The highest BCUT2D eigenvalue weighted by atomic mass is 16.8. The summed E-state index contributed by atoms with van der Waals surface area (Å²) in [6.07, 6.45) is -1.78. The first-order valence-corrected chi connectivity index (χ1v) is 8.82. The van der Waals surface area contributed by atoms with Crippen LogP contribution in [0.5, 0.6) is 0 Å². The number of nitrogens with zero attached hydrogens (tertiary/aromatic N) is 1. The van der Waals surface area contributed by atoms with Crippen LogP contribution < -0.4 is 0 Å². The Labute approximate surface area is 153 Å². The van der Waals surface area contributed by atoms with Gasteiger partial charge in [0.1, 0.15) is 24.2 Å². The van der Waals surface area contributed by atoms with Crippen molar-refractivity contribution in [3.05, 3.63) is 35.9 Å². The van der Waals surface area contributed by atoms with Gasteiger partial charge in [0.25, 0.3) is 0 Å². The lowest BCUT2D eigenvalue weighted by Gasteiger charge is -2.53. The van der Waals surface area contributed by atoms with Gasteiger partial charge < -0.3 is 14.9 Å². The summed E-state index contributed by atoms with van der Waals surface area (Å²) in [6, 6.07) is 9.49. The Morgan fingerprint density at radius 2 is 1.81 bits per heavy atom. The molecule has 0 aliphatic carbocycles. The van der Waals surface area contributed by atoms with Gasteiger partial charge in [-0.3, -0.25) is 0 Å². The molecule has 1 unspecified atom stereocenters. The van der Waals surface area contributed by atoms with Crippen molar-refractivity contribution in [2.45, 2.75) is 57.6 Å². The van der Waals surface area contributed by atoms with E-state index in [1.165, 1.54) is 0 Å². The number of rotatable bonds is 4. The fraction of sp³-hybridized carbons (Fsp3) is 0.579. The molecule has 1 aliphatic heterocycles. The molecule has 1 aromatic carbocycles. The zero-order chi connectivity index (χ0) is 19.6. The second kappa shape index (κ2) is 7.15. The number of hydrogen-bond acceptors (Lipinski definition) is 4. The molecule has 1 fully saturated rings. The summed E-state index contributed by atoms with van der Waals surface area (Å²) in [5.41, 5.74) is -0.507. The number of piperidine rings is 1. The maximum atomic E-state index is 11.4. The number of likely N-dealkylation sites (tertiary alicyclic amines) is 1. The smallest absolute Gasteiger partial charge is 0.450 e. The number of carboxylic acid groups (broad SMARTS) is 2. The molecule has 0 amide bonds. The van der Waals surface area contributed by atoms with Gasteiger partial charge >= 0.3 is 12.3 Å². The summed E-state index contributed by atoms with van der Waals surface area (Å²) in [5.74, 6) is -0.322. The molecule has 0 bridgehead atoms. The molecule has 0 spiro atoms. The summed E-state index contributed by atoms with van der Waals surface area (Å²) in [7, 11) is 0. The van der Waals surface area contributed by atoms with E-state index in [0.717, 1.165) is 5.56 Å². The molecule has 2 N–H and O–H groups in total. The minimum atomic E-state index is -1.34. The van der Waals surface area contributed by atoms with E-state index < -0.39 is 23.5 Å². The molecule has 1 aromatic rings. The molecule has 1 saturated heterocycles.